The van der Waals surface area contributed by atoms with Gasteiger partial charge in [-0.05, 0) is 29.9 Å². The minimum atomic E-state index is -3.44. The van der Waals surface area contributed by atoms with E-state index in [1.807, 2.05) is 32.9 Å². The van der Waals surface area contributed by atoms with Crippen LogP contribution in [0.3, 0.4) is 0 Å². The van der Waals surface area contributed by atoms with Gasteiger partial charge in [-0.3, -0.25) is 0 Å². The lowest BCUT2D eigenvalue weighted by atomic mass is 9.98. The van der Waals surface area contributed by atoms with Gasteiger partial charge in [-0.15, -0.1) is 0 Å². The quantitative estimate of drug-likeness (QED) is 0.846. The summed E-state index contributed by atoms with van der Waals surface area (Å²) in [6.45, 7) is 7.07. The third-order valence-electron chi connectivity index (χ3n) is 3.21. The van der Waals surface area contributed by atoms with Crippen molar-refractivity contribution < 1.29 is 8.42 Å². The standard InChI is InChI=1S/C15H24N2O2S/c1-15(2,3)11-17-20(18,19)14-7-5-4-6-12(14)10-16-13-8-9-13/h4-7,13,16-17H,8-11H2,1-3H3. The first-order valence-corrected chi connectivity index (χ1v) is 8.57. The third kappa shape index (κ3) is 4.58. The van der Waals surface area contributed by atoms with E-state index in [4.69, 9.17) is 0 Å². The molecule has 0 saturated heterocycles. The number of benzene rings is 1. The lowest BCUT2D eigenvalue weighted by Crippen LogP contribution is -2.33. The van der Waals surface area contributed by atoms with Gasteiger partial charge in [0.2, 0.25) is 10.0 Å². The van der Waals surface area contributed by atoms with Gasteiger partial charge in [-0.2, -0.15) is 0 Å². The highest BCUT2D eigenvalue weighted by atomic mass is 32.2. The Morgan fingerprint density at radius 3 is 2.45 bits per heavy atom. The SMILES string of the molecule is CC(C)(C)CNS(=O)(=O)c1ccccc1CNC1CC1. The zero-order chi connectivity index (χ0) is 14.8. The lowest BCUT2D eigenvalue weighted by Gasteiger charge is -2.19. The summed E-state index contributed by atoms with van der Waals surface area (Å²) in [6.07, 6.45) is 2.38. The summed E-state index contributed by atoms with van der Waals surface area (Å²) < 4.78 is 27.5. The molecule has 1 saturated carbocycles. The van der Waals surface area contributed by atoms with Crippen molar-refractivity contribution in [2.75, 3.05) is 6.54 Å². The summed E-state index contributed by atoms with van der Waals surface area (Å²) in [5.74, 6) is 0. The van der Waals surface area contributed by atoms with Crippen LogP contribution in [0, 0.1) is 5.41 Å². The van der Waals surface area contributed by atoms with Crippen LogP contribution >= 0.6 is 0 Å². The molecular formula is C15H24N2O2S. The van der Waals surface area contributed by atoms with Crippen LogP contribution in [0.2, 0.25) is 0 Å². The van der Waals surface area contributed by atoms with Crippen LogP contribution in [-0.2, 0) is 16.6 Å². The van der Waals surface area contributed by atoms with Gasteiger partial charge in [0.05, 0.1) is 4.90 Å². The highest BCUT2D eigenvalue weighted by Crippen LogP contribution is 2.22. The highest BCUT2D eigenvalue weighted by Gasteiger charge is 2.23. The van der Waals surface area contributed by atoms with Crippen molar-refractivity contribution in [2.45, 2.75) is 51.1 Å². The Hall–Kier alpha value is -0.910. The Morgan fingerprint density at radius 2 is 1.85 bits per heavy atom. The van der Waals surface area contributed by atoms with E-state index < -0.39 is 10.0 Å². The Balaban J connectivity index is 2.12. The van der Waals surface area contributed by atoms with Crippen LogP contribution in [0.15, 0.2) is 29.2 Å². The second kappa shape index (κ2) is 5.84. The molecule has 0 aliphatic heterocycles. The van der Waals surface area contributed by atoms with Crippen LogP contribution < -0.4 is 10.0 Å². The van der Waals surface area contributed by atoms with Crippen LogP contribution in [0.25, 0.3) is 0 Å². The maximum absolute atomic E-state index is 12.4. The fourth-order valence-corrected chi connectivity index (χ4v) is 3.36. The molecule has 0 heterocycles. The molecule has 0 atom stereocenters. The monoisotopic (exact) mass is 296 g/mol. The average molecular weight is 296 g/mol. The van der Waals surface area contributed by atoms with Crippen LogP contribution in [0.4, 0.5) is 0 Å². The van der Waals surface area contributed by atoms with E-state index in [1.165, 1.54) is 12.8 Å². The number of sulfonamides is 1. The summed E-state index contributed by atoms with van der Waals surface area (Å²) in [7, 11) is -3.44. The minimum Gasteiger partial charge on any atom is -0.310 e. The first-order chi connectivity index (χ1) is 9.28. The minimum absolute atomic E-state index is 0.0751. The number of hydrogen-bond donors (Lipinski definition) is 2. The van der Waals surface area contributed by atoms with Gasteiger partial charge in [-0.1, -0.05) is 39.0 Å². The van der Waals surface area contributed by atoms with E-state index in [9.17, 15) is 8.42 Å². The molecule has 2 rings (SSSR count). The van der Waals surface area contributed by atoms with Crippen LogP contribution in [-0.4, -0.2) is 21.0 Å². The summed E-state index contributed by atoms with van der Waals surface area (Å²) in [5.41, 5.74) is 0.759. The normalized spacial score (nSPS) is 16.4. The molecule has 0 bridgehead atoms. The first-order valence-electron chi connectivity index (χ1n) is 7.09. The van der Waals surface area contributed by atoms with Crippen molar-refractivity contribution >= 4 is 10.0 Å². The van der Waals surface area contributed by atoms with Gasteiger partial charge in [-0.25, -0.2) is 13.1 Å². The Bertz CT molecular complexity index is 557. The second-order valence-corrected chi connectivity index (χ2v) is 8.38. The lowest BCUT2D eigenvalue weighted by molar-refractivity contribution is 0.407. The van der Waals surface area contributed by atoms with E-state index >= 15 is 0 Å². The van der Waals surface area contributed by atoms with E-state index in [2.05, 4.69) is 10.0 Å². The molecule has 1 aromatic carbocycles. The second-order valence-electron chi connectivity index (χ2n) is 6.65. The van der Waals surface area contributed by atoms with Crippen molar-refractivity contribution in [3.63, 3.8) is 0 Å². The van der Waals surface area contributed by atoms with Crippen LogP contribution in [0.1, 0.15) is 39.2 Å². The molecule has 20 heavy (non-hydrogen) atoms. The topological polar surface area (TPSA) is 58.2 Å². The zero-order valence-electron chi connectivity index (χ0n) is 12.4. The van der Waals surface area contributed by atoms with E-state index in [0.717, 1.165) is 5.56 Å². The van der Waals surface area contributed by atoms with Gasteiger partial charge < -0.3 is 5.32 Å². The maximum Gasteiger partial charge on any atom is 0.240 e. The van der Waals surface area contributed by atoms with Crippen molar-refractivity contribution in [1.29, 1.82) is 0 Å². The molecule has 0 aromatic heterocycles. The molecular weight excluding hydrogens is 272 g/mol. The molecule has 5 heteroatoms. The summed E-state index contributed by atoms with van der Waals surface area (Å²) in [4.78, 5) is 0.386. The molecule has 0 spiro atoms. The summed E-state index contributed by atoms with van der Waals surface area (Å²) in [5, 5.41) is 3.37. The van der Waals surface area contributed by atoms with Gasteiger partial charge in [0.15, 0.2) is 0 Å². The fourth-order valence-electron chi connectivity index (χ4n) is 1.84. The maximum atomic E-state index is 12.4. The smallest absolute Gasteiger partial charge is 0.240 e. The fraction of sp³-hybridized carbons (Fsp3) is 0.600. The zero-order valence-corrected chi connectivity index (χ0v) is 13.3. The molecule has 112 valence electrons. The molecule has 1 fully saturated rings. The molecule has 2 N–H and O–H groups in total. The summed E-state index contributed by atoms with van der Waals surface area (Å²) in [6, 6.07) is 7.77. The molecule has 1 aliphatic carbocycles. The third-order valence-corrected chi connectivity index (χ3v) is 4.71. The van der Waals surface area contributed by atoms with E-state index in [1.54, 1.807) is 12.1 Å². The van der Waals surface area contributed by atoms with Crippen molar-refractivity contribution in [2.24, 2.45) is 5.41 Å². The van der Waals surface area contributed by atoms with Gasteiger partial charge >= 0.3 is 0 Å². The average Bonchev–Trinajstić information content (AvgIpc) is 3.18. The number of hydrogen-bond acceptors (Lipinski definition) is 3. The van der Waals surface area contributed by atoms with Gasteiger partial charge in [0.1, 0.15) is 0 Å². The van der Waals surface area contributed by atoms with Crippen molar-refractivity contribution in [3.8, 4) is 0 Å². The molecule has 0 amide bonds. The van der Waals surface area contributed by atoms with Crippen LogP contribution in [0.5, 0.6) is 0 Å². The highest BCUT2D eigenvalue weighted by molar-refractivity contribution is 7.89. The Morgan fingerprint density at radius 1 is 1.20 bits per heavy atom. The first kappa shape index (κ1) is 15.5. The van der Waals surface area contributed by atoms with Gasteiger partial charge in [0, 0.05) is 19.1 Å². The van der Waals surface area contributed by atoms with Crippen molar-refractivity contribution in [3.05, 3.63) is 29.8 Å². The number of rotatable bonds is 6. The Kier molecular flexibility index (Phi) is 4.52. The molecule has 0 radical (unpaired) electrons. The number of nitrogens with one attached hydrogen (secondary N) is 2. The molecule has 0 unspecified atom stereocenters. The largest absolute Gasteiger partial charge is 0.310 e. The predicted molar refractivity (Wildman–Crippen MR) is 80.9 cm³/mol. The molecule has 4 nitrogen and oxygen atoms in total. The molecule has 1 aliphatic rings. The van der Waals surface area contributed by atoms with Gasteiger partial charge in [0.25, 0.3) is 0 Å². The van der Waals surface area contributed by atoms with Crippen molar-refractivity contribution in [1.82, 2.24) is 10.0 Å². The molecule has 1 aromatic rings. The van der Waals surface area contributed by atoms with E-state index in [-0.39, 0.29) is 5.41 Å². The predicted octanol–water partition coefficient (Wildman–Crippen LogP) is 2.26. The summed E-state index contributed by atoms with van der Waals surface area (Å²) >= 11 is 0. The Labute approximate surface area is 122 Å². The van der Waals surface area contributed by atoms with E-state index in [0.29, 0.717) is 24.0 Å².